The van der Waals surface area contributed by atoms with Crippen molar-refractivity contribution < 1.29 is 0 Å². The van der Waals surface area contributed by atoms with Gasteiger partial charge in [-0.1, -0.05) is 6.07 Å². The minimum atomic E-state index is 0.508. The predicted molar refractivity (Wildman–Crippen MR) is 71.0 cm³/mol. The Balaban J connectivity index is 1.84. The van der Waals surface area contributed by atoms with Crippen molar-refractivity contribution in [2.75, 3.05) is 20.1 Å². The fourth-order valence-corrected chi connectivity index (χ4v) is 3.12. The number of rotatable bonds is 3. The number of hydrogen-bond acceptors (Lipinski definition) is 3. The molecule has 0 aromatic carbocycles. The van der Waals surface area contributed by atoms with Gasteiger partial charge in [0.05, 0.1) is 0 Å². The summed E-state index contributed by atoms with van der Waals surface area (Å²) >= 11 is 1.85. The topological polar surface area (TPSA) is 15.3 Å². The summed E-state index contributed by atoms with van der Waals surface area (Å²) in [6.45, 7) is 4.76. The van der Waals surface area contributed by atoms with E-state index in [0.29, 0.717) is 12.1 Å². The molecule has 0 radical (unpaired) electrons. The summed E-state index contributed by atoms with van der Waals surface area (Å²) in [4.78, 5) is 3.90. The van der Waals surface area contributed by atoms with Crippen molar-refractivity contribution in [3.63, 3.8) is 0 Å². The summed E-state index contributed by atoms with van der Waals surface area (Å²) in [7, 11) is 2.23. The minimum absolute atomic E-state index is 0.508. The number of thiophene rings is 1. The van der Waals surface area contributed by atoms with Crippen LogP contribution in [0.5, 0.6) is 0 Å². The van der Waals surface area contributed by atoms with Crippen LogP contribution in [0, 0.1) is 0 Å². The van der Waals surface area contributed by atoms with Crippen molar-refractivity contribution in [1.82, 2.24) is 10.2 Å². The van der Waals surface area contributed by atoms with Crippen LogP contribution >= 0.6 is 11.3 Å². The van der Waals surface area contributed by atoms with Crippen LogP contribution in [0.1, 0.15) is 37.1 Å². The Kier molecular flexibility index (Phi) is 4.38. The maximum atomic E-state index is 3.77. The molecule has 16 heavy (non-hydrogen) atoms. The molecule has 1 aromatic rings. The van der Waals surface area contributed by atoms with E-state index in [0.717, 1.165) is 0 Å². The van der Waals surface area contributed by atoms with Gasteiger partial charge in [0, 0.05) is 17.0 Å². The average Bonchev–Trinajstić information content (AvgIpc) is 2.72. The third-order valence-corrected chi connectivity index (χ3v) is 4.46. The van der Waals surface area contributed by atoms with Crippen molar-refractivity contribution in [3.8, 4) is 0 Å². The summed E-state index contributed by atoms with van der Waals surface area (Å²) in [6.07, 6.45) is 3.93. The van der Waals surface area contributed by atoms with Crippen molar-refractivity contribution >= 4 is 11.3 Å². The largest absolute Gasteiger partial charge is 0.307 e. The molecule has 3 heteroatoms. The first-order valence-corrected chi connectivity index (χ1v) is 7.11. The molecule has 0 aliphatic carbocycles. The highest BCUT2D eigenvalue weighted by atomic mass is 32.1. The lowest BCUT2D eigenvalue weighted by molar-refractivity contribution is 0.340. The van der Waals surface area contributed by atoms with Gasteiger partial charge in [0.2, 0.25) is 0 Å². The SMILES string of the molecule is C[C@H](NC1CCCN(C)CC1)c1cccs1. The average molecular weight is 238 g/mol. The zero-order valence-electron chi connectivity index (χ0n) is 10.3. The first-order chi connectivity index (χ1) is 7.75. The highest BCUT2D eigenvalue weighted by molar-refractivity contribution is 7.10. The maximum Gasteiger partial charge on any atom is 0.0388 e. The molecule has 1 fully saturated rings. The molecule has 1 aliphatic rings. The molecular formula is C13H22N2S. The van der Waals surface area contributed by atoms with E-state index in [1.165, 1.54) is 37.2 Å². The summed E-state index contributed by atoms with van der Waals surface area (Å²) in [5.41, 5.74) is 0. The molecule has 2 rings (SSSR count). The molecule has 90 valence electrons. The van der Waals surface area contributed by atoms with Crippen LogP contribution in [0.3, 0.4) is 0 Å². The zero-order valence-corrected chi connectivity index (χ0v) is 11.1. The van der Waals surface area contributed by atoms with E-state index < -0.39 is 0 Å². The third kappa shape index (κ3) is 3.30. The van der Waals surface area contributed by atoms with Gasteiger partial charge in [0.1, 0.15) is 0 Å². The standard InChI is InChI=1S/C13H22N2S/c1-11(13-6-4-10-16-13)14-12-5-3-8-15(2)9-7-12/h4,6,10-12,14H,3,5,7-9H2,1-2H3/t11-,12?/m0/s1. The number of nitrogens with one attached hydrogen (secondary N) is 1. The Morgan fingerprint density at radius 2 is 2.31 bits per heavy atom. The van der Waals surface area contributed by atoms with Gasteiger partial charge in [-0.05, 0) is 57.8 Å². The number of nitrogens with zero attached hydrogens (tertiary/aromatic N) is 1. The fourth-order valence-electron chi connectivity index (χ4n) is 2.38. The highest BCUT2D eigenvalue weighted by Gasteiger charge is 2.17. The monoisotopic (exact) mass is 238 g/mol. The summed E-state index contributed by atoms with van der Waals surface area (Å²) in [6, 6.07) is 5.57. The van der Waals surface area contributed by atoms with Gasteiger partial charge in [-0.3, -0.25) is 0 Å². The van der Waals surface area contributed by atoms with Crippen LogP contribution < -0.4 is 5.32 Å². The van der Waals surface area contributed by atoms with E-state index in [1.807, 2.05) is 11.3 Å². The lowest BCUT2D eigenvalue weighted by Crippen LogP contribution is -2.32. The van der Waals surface area contributed by atoms with E-state index in [2.05, 4.69) is 41.7 Å². The molecule has 0 saturated carbocycles. The normalized spacial score (nSPS) is 25.2. The molecule has 2 atom stereocenters. The van der Waals surface area contributed by atoms with Crippen LogP contribution in [0.25, 0.3) is 0 Å². The second-order valence-electron chi connectivity index (χ2n) is 4.83. The Labute approximate surface area is 103 Å². The molecule has 1 aliphatic heterocycles. The fraction of sp³-hybridized carbons (Fsp3) is 0.692. The molecule has 0 amide bonds. The maximum absolute atomic E-state index is 3.77. The van der Waals surface area contributed by atoms with Crippen molar-refractivity contribution in [2.24, 2.45) is 0 Å². The van der Waals surface area contributed by atoms with Crippen molar-refractivity contribution in [3.05, 3.63) is 22.4 Å². The van der Waals surface area contributed by atoms with Crippen LogP contribution in [-0.4, -0.2) is 31.1 Å². The predicted octanol–water partition coefficient (Wildman–Crippen LogP) is 2.88. The highest BCUT2D eigenvalue weighted by Crippen LogP contribution is 2.20. The molecule has 2 nitrogen and oxygen atoms in total. The van der Waals surface area contributed by atoms with E-state index in [1.54, 1.807) is 0 Å². The Morgan fingerprint density at radius 1 is 1.44 bits per heavy atom. The lowest BCUT2D eigenvalue weighted by Gasteiger charge is -2.21. The summed E-state index contributed by atoms with van der Waals surface area (Å²) in [5, 5.41) is 5.93. The quantitative estimate of drug-likeness (QED) is 0.871. The Hall–Kier alpha value is -0.380. The minimum Gasteiger partial charge on any atom is -0.307 e. The second kappa shape index (κ2) is 5.80. The molecule has 2 heterocycles. The van der Waals surface area contributed by atoms with E-state index >= 15 is 0 Å². The molecule has 0 spiro atoms. The Morgan fingerprint density at radius 3 is 3.06 bits per heavy atom. The first-order valence-electron chi connectivity index (χ1n) is 6.23. The van der Waals surface area contributed by atoms with Gasteiger partial charge in [-0.25, -0.2) is 0 Å². The molecule has 1 saturated heterocycles. The second-order valence-corrected chi connectivity index (χ2v) is 5.81. The number of hydrogen-bond donors (Lipinski definition) is 1. The molecule has 0 bridgehead atoms. The smallest absolute Gasteiger partial charge is 0.0388 e. The summed E-state index contributed by atoms with van der Waals surface area (Å²) in [5.74, 6) is 0. The third-order valence-electron chi connectivity index (χ3n) is 3.41. The number of likely N-dealkylation sites (tertiary alicyclic amines) is 1. The van der Waals surface area contributed by atoms with E-state index in [9.17, 15) is 0 Å². The van der Waals surface area contributed by atoms with Crippen molar-refractivity contribution in [1.29, 1.82) is 0 Å². The summed E-state index contributed by atoms with van der Waals surface area (Å²) < 4.78 is 0. The zero-order chi connectivity index (χ0) is 11.4. The molecule has 1 unspecified atom stereocenters. The van der Waals surface area contributed by atoms with Gasteiger partial charge < -0.3 is 10.2 Å². The van der Waals surface area contributed by atoms with Gasteiger partial charge in [0.15, 0.2) is 0 Å². The van der Waals surface area contributed by atoms with Crippen LogP contribution in [-0.2, 0) is 0 Å². The lowest BCUT2D eigenvalue weighted by atomic mass is 10.1. The molecule has 1 N–H and O–H groups in total. The Bertz CT molecular complexity index is 297. The van der Waals surface area contributed by atoms with Crippen LogP contribution in [0.15, 0.2) is 17.5 Å². The van der Waals surface area contributed by atoms with Gasteiger partial charge in [-0.2, -0.15) is 0 Å². The van der Waals surface area contributed by atoms with E-state index in [-0.39, 0.29) is 0 Å². The van der Waals surface area contributed by atoms with Gasteiger partial charge in [0.25, 0.3) is 0 Å². The van der Waals surface area contributed by atoms with Gasteiger partial charge in [-0.15, -0.1) is 11.3 Å². The van der Waals surface area contributed by atoms with E-state index in [4.69, 9.17) is 0 Å². The van der Waals surface area contributed by atoms with Crippen molar-refractivity contribution in [2.45, 2.75) is 38.3 Å². The first kappa shape index (κ1) is 12.1. The molecule has 1 aromatic heterocycles. The molecular weight excluding hydrogens is 216 g/mol. The van der Waals surface area contributed by atoms with Crippen LogP contribution in [0.2, 0.25) is 0 Å². The van der Waals surface area contributed by atoms with Gasteiger partial charge >= 0.3 is 0 Å². The van der Waals surface area contributed by atoms with Crippen LogP contribution in [0.4, 0.5) is 0 Å².